The zero-order valence-electron chi connectivity index (χ0n) is 11.4. The number of aromatic nitrogens is 2. The molecule has 1 fully saturated rings. The second-order valence-electron chi connectivity index (χ2n) is 4.98. The Balaban J connectivity index is 1.72. The standard InChI is InChI=1S/C14H21N3O2/c1-19-14-15-9-11(10-16-14)7-8-13(18)17-12-5-3-2-4-6-12/h9-10,12H,2-8H2,1H3,(H,17,18). The van der Waals surface area contributed by atoms with Gasteiger partial charge < -0.3 is 10.1 Å². The van der Waals surface area contributed by atoms with E-state index >= 15 is 0 Å². The lowest BCUT2D eigenvalue weighted by Gasteiger charge is -2.22. The molecule has 0 saturated heterocycles. The van der Waals surface area contributed by atoms with Gasteiger partial charge in [0.2, 0.25) is 5.91 Å². The number of nitrogens with zero attached hydrogens (tertiary/aromatic N) is 2. The number of rotatable bonds is 5. The van der Waals surface area contributed by atoms with Crippen molar-refractivity contribution in [2.24, 2.45) is 0 Å². The predicted molar refractivity (Wildman–Crippen MR) is 71.9 cm³/mol. The van der Waals surface area contributed by atoms with Gasteiger partial charge in [-0.1, -0.05) is 19.3 Å². The summed E-state index contributed by atoms with van der Waals surface area (Å²) in [4.78, 5) is 19.9. The summed E-state index contributed by atoms with van der Waals surface area (Å²) in [5.74, 6) is 0.128. The first kappa shape index (κ1) is 13.8. The topological polar surface area (TPSA) is 64.1 Å². The molecule has 2 rings (SSSR count). The number of nitrogens with one attached hydrogen (secondary N) is 1. The smallest absolute Gasteiger partial charge is 0.316 e. The Morgan fingerprint density at radius 2 is 2.00 bits per heavy atom. The van der Waals surface area contributed by atoms with Crippen molar-refractivity contribution < 1.29 is 9.53 Å². The molecule has 1 saturated carbocycles. The van der Waals surface area contributed by atoms with E-state index in [4.69, 9.17) is 4.74 Å². The Hall–Kier alpha value is -1.65. The monoisotopic (exact) mass is 263 g/mol. The second kappa shape index (κ2) is 7.07. The number of hydrogen-bond acceptors (Lipinski definition) is 4. The molecule has 5 heteroatoms. The number of amides is 1. The molecule has 1 amide bonds. The van der Waals surface area contributed by atoms with Crippen LogP contribution < -0.4 is 10.1 Å². The minimum Gasteiger partial charge on any atom is -0.467 e. The summed E-state index contributed by atoms with van der Waals surface area (Å²) in [7, 11) is 1.53. The lowest BCUT2D eigenvalue weighted by Crippen LogP contribution is -2.36. The van der Waals surface area contributed by atoms with Crippen molar-refractivity contribution >= 4 is 5.91 Å². The lowest BCUT2D eigenvalue weighted by molar-refractivity contribution is -0.121. The fourth-order valence-corrected chi connectivity index (χ4v) is 2.38. The molecule has 1 N–H and O–H groups in total. The van der Waals surface area contributed by atoms with Gasteiger partial charge in [0.05, 0.1) is 7.11 Å². The number of carbonyl (C=O) groups is 1. The Labute approximate surface area is 113 Å². The molecule has 0 unspecified atom stereocenters. The fourth-order valence-electron chi connectivity index (χ4n) is 2.38. The molecule has 1 aliphatic carbocycles. The van der Waals surface area contributed by atoms with Gasteiger partial charge in [-0.05, 0) is 24.8 Å². The van der Waals surface area contributed by atoms with Gasteiger partial charge in [0.15, 0.2) is 0 Å². The molecule has 0 aliphatic heterocycles. The van der Waals surface area contributed by atoms with Crippen molar-refractivity contribution in [1.29, 1.82) is 0 Å². The highest BCUT2D eigenvalue weighted by atomic mass is 16.5. The Kier molecular flexibility index (Phi) is 5.12. The number of hydrogen-bond donors (Lipinski definition) is 1. The van der Waals surface area contributed by atoms with E-state index in [0.717, 1.165) is 18.4 Å². The summed E-state index contributed by atoms with van der Waals surface area (Å²) < 4.78 is 4.89. The van der Waals surface area contributed by atoms with Crippen molar-refractivity contribution in [3.8, 4) is 6.01 Å². The first-order chi connectivity index (χ1) is 9.28. The third-order valence-corrected chi connectivity index (χ3v) is 3.48. The van der Waals surface area contributed by atoms with Crippen LogP contribution in [0.2, 0.25) is 0 Å². The van der Waals surface area contributed by atoms with Crippen molar-refractivity contribution in [1.82, 2.24) is 15.3 Å². The second-order valence-corrected chi connectivity index (χ2v) is 4.98. The first-order valence-corrected chi connectivity index (χ1v) is 6.92. The molecule has 0 radical (unpaired) electrons. The largest absolute Gasteiger partial charge is 0.467 e. The van der Waals surface area contributed by atoms with Crippen LogP contribution in [0.4, 0.5) is 0 Å². The first-order valence-electron chi connectivity index (χ1n) is 6.92. The molecule has 0 atom stereocenters. The van der Waals surface area contributed by atoms with Crippen LogP contribution in [0, 0.1) is 0 Å². The summed E-state index contributed by atoms with van der Waals surface area (Å²) in [6, 6.07) is 0.740. The summed E-state index contributed by atoms with van der Waals surface area (Å²) >= 11 is 0. The molecule has 5 nitrogen and oxygen atoms in total. The van der Waals surface area contributed by atoms with E-state index in [9.17, 15) is 4.79 Å². The molecular weight excluding hydrogens is 242 g/mol. The third-order valence-electron chi connectivity index (χ3n) is 3.48. The SMILES string of the molecule is COc1ncc(CCC(=O)NC2CCCCC2)cn1. The zero-order chi connectivity index (χ0) is 13.5. The van der Waals surface area contributed by atoms with Crippen molar-refractivity contribution in [3.05, 3.63) is 18.0 Å². The minimum absolute atomic E-state index is 0.128. The van der Waals surface area contributed by atoms with E-state index in [1.807, 2.05) is 0 Å². The van der Waals surface area contributed by atoms with Gasteiger partial charge in [0, 0.05) is 24.9 Å². The van der Waals surface area contributed by atoms with Crippen LogP contribution in [0.3, 0.4) is 0 Å². The maximum absolute atomic E-state index is 11.8. The Bertz CT molecular complexity index is 400. The van der Waals surface area contributed by atoms with Gasteiger partial charge >= 0.3 is 6.01 Å². The van der Waals surface area contributed by atoms with E-state index in [2.05, 4.69) is 15.3 Å². The van der Waals surface area contributed by atoms with Gasteiger partial charge in [-0.2, -0.15) is 0 Å². The molecule has 0 aromatic carbocycles. The van der Waals surface area contributed by atoms with Crippen LogP contribution in [-0.4, -0.2) is 29.0 Å². The molecule has 1 heterocycles. The molecule has 0 spiro atoms. The Morgan fingerprint density at radius 1 is 1.32 bits per heavy atom. The Morgan fingerprint density at radius 3 is 2.63 bits per heavy atom. The van der Waals surface area contributed by atoms with Crippen LogP contribution in [0.15, 0.2) is 12.4 Å². The molecule has 19 heavy (non-hydrogen) atoms. The summed E-state index contributed by atoms with van der Waals surface area (Å²) in [6.07, 6.45) is 10.6. The average Bonchev–Trinajstić information content (AvgIpc) is 2.47. The summed E-state index contributed by atoms with van der Waals surface area (Å²) in [6.45, 7) is 0. The zero-order valence-corrected chi connectivity index (χ0v) is 11.4. The van der Waals surface area contributed by atoms with Crippen LogP contribution in [0.5, 0.6) is 6.01 Å². The summed E-state index contributed by atoms with van der Waals surface area (Å²) in [5, 5.41) is 3.11. The van der Waals surface area contributed by atoms with Crippen LogP contribution in [-0.2, 0) is 11.2 Å². The molecule has 1 aliphatic rings. The third kappa shape index (κ3) is 4.50. The van der Waals surface area contributed by atoms with E-state index in [1.54, 1.807) is 12.4 Å². The predicted octanol–water partition coefficient (Wildman–Crippen LogP) is 1.87. The molecule has 104 valence electrons. The quantitative estimate of drug-likeness (QED) is 0.880. The lowest BCUT2D eigenvalue weighted by atomic mass is 9.95. The highest BCUT2D eigenvalue weighted by Gasteiger charge is 2.15. The van der Waals surface area contributed by atoms with Crippen LogP contribution >= 0.6 is 0 Å². The number of aryl methyl sites for hydroxylation is 1. The molecule has 1 aromatic heterocycles. The van der Waals surface area contributed by atoms with Crippen molar-refractivity contribution in [2.75, 3.05) is 7.11 Å². The molecular formula is C14H21N3O2. The number of ether oxygens (including phenoxy) is 1. The highest BCUT2D eigenvalue weighted by molar-refractivity contribution is 5.76. The van der Waals surface area contributed by atoms with Gasteiger partial charge in [0.25, 0.3) is 0 Å². The van der Waals surface area contributed by atoms with Gasteiger partial charge in [-0.25, -0.2) is 9.97 Å². The number of methoxy groups -OCH3 is 1. The number of carbonyl (C=O) groups excluding carboxylic acids is 1. The molecule has 0 bridgehead atoms. The van der Waals surface area contributed by atoms with E-state index in [0.29, 0.717) is 24.9 Å². The van der Waals surface area contributed by atoms with Gasteiger partial charge in [-0.3, -0.25) is 4.79 Å². The van der Waals surface area contributed by atoms with E-state index in [1.165, 1.54) is 26.4 Å². The van der Waals surface area contributed by atoms with Crippen molar-refractivity contribution in [2.45, 2.75) is 51.0 Å². The van der Waals surface area contributed by atoms with E-state index in [-0.39, 0.29) is 5.91 Å². The normalized spacial score (nSPS) is 16.1. The van der Waals surface area contributed by atoms with Crippen molar-refractivity contribution in [3.63, 3.8) is 0 Å². The highest BCUT2D eigenvalue weighted by Crippen LogP contribution is 2.17. The van der Waals surface area contributed by atoms with E-state index < -0.39 is 0 Å². The molecule has 1 aromatic rings. The maximum atomic E-state index is 11.8. The van der Waals surface area contributed by atoms with Crippen LogP contribution in [0.25, 0.3) is 0 Å². The fraction of sp³-hybridized carbons (Fsp3) is 0.643. The minimum atomic E-state index is 0.128. The average molecular weight is 263 g/mol. The maximum Gasteiger partial charge on any atom is 0.316 e. The van der Waals surface area contributed by atoms with Gasteiger partial charge in [-0.15, -0.1) is 0 Å². The summed E-state index contributed by atoms with van der Waals surface area (Å²) in [5.41, 5.74) is 0.958. The van der Waals surface area contributed by atoms with Crippen LogP contribution in [0.1, 0.15) is 44.1 Å². The van der Waals surface area contributed by atoms with Gasteiger partial charge in [0.1, 0.15) is 0 Å².